The van der Waals surface area contributed by atoms with Gasteiger partial charge >= 0.3 is 0 Å². The molecule has 0 saturated heterocycles. The molecule has 8 rings (SSSR count). The minimum Gasteiger partial charge on any atom is -0.507 e. The van der Waals surface area contributed by atoms with Gasteiger partial charge in [-0.15, -0.1) is 29.3 Å². The van der Waals surface area contributed by atoms with E-state index in [1.165, 1.54) is 16.7 Å². The van der Waals surface area contributed by atoms with Gasteiger partial charge < -0.3 is 5.11 Å². The molecule has 2 aromatic heterocycles. The fraction of sp³-hybridized carbons (Fsp3) is 0.250. The van der Waals surface area contributed by atoms with Crippen molar-refractivity contribution >= 4 is 11.0 Å². The quantitative estimate of drug-likeness (QED) is 0.162. The zero-order chi connectivity index (χ0) is 42.6. The molecule has 0 fully saturated rings. The van der Waals surface area contributed by atoms with E-state index >= 15 is 0 Å². The Kier molecular flexibility index (Phi) is 11.9. The summed E-state index contributed by atoms with van der Waals surface area (Å²) in [5, 5.41) is 12.3. The van der Waals surface area contributed by atoms with Gasteiger partial charge in [-0.3, -0.25) is 9.55 Å². The zero-order valence-electron chi connectivity index (χ0n) is 37.0. The number of fused-ring (bicyclic) bond motifs is 1. The number of nitrogens with zero attached hydrogens (tertiary/aromatic N) is 3. The van der Waals surface area contributed by atoms with Crippen LogP contribution in [-0.2, 0) is 37.3 Å². The standard InChI is InChI=1S/C56H56N3O.Pt/c1-36(37-18-13-11-14-19-37)38-24-26-45(27-25-38)59-50-23-17-22-46(51(50)58-53(59)47-34-44(55(5,6)7)35-48(52(47)60)56(8,9)10)41-30-42(32-43(31-41)54(2,3)4)49-33-40(28-29-57-49)39-20-15-12-16-21-39;/h11-29,31-36,60H,1-10H3;/q-1;. The maximum absolute atomic E-state index is 12.3. The van der Waals surface area contributed by atoms with Crippen LogP contribution in [0.5, 0.6) is 5.75 Å². The summed E-state index contributed by atoms with van der Waals surface area (Å²) in [7, 11) is 0. The Morgan fingerprint density at radius 3 is 1.82 bits per heavy atom. The van der Waals surface area contributed by atoms with Crippen LogP contribution in [-0.4, -0.2) is 19.6 Å². The third kappa shape index (κ3) is 8.79. The van der Waals surface area contributed by atoms with Gasteiger partial charge in [-0.1, -0.05) is 177 Å². The maximum Gasteiger partial charge on any atom is 0.148 e. The van der Waals surface area contributed by atoms with Gasteiger partial charge in [0.2, 0.25) is 0 Å². The van der Waals surface area contributed by atoms with E-state index in [1.54, 1.807) is 0 Å². The number of benzene rings is 6. The van der Waals surface area contributed by atoms with Crippen LogP contribution in [0.4, 0.5) is 0 Å². The monoisotopic (exact) mass is 981 g/mol. The van der Waals surface area contributed by atoms with Crippen molar-refractivity contribution in [3.05, 3.63) is 180 Å². The molecule has 312 valence electrons. The van der Waals surface area contributed by atoms with Crippen LogP contribution < -0.4 is 0 Å². The van der Waals surface area contributed by atoms with Crippen molar-refractivity contribution in [2.45, 2.75) is 91.4 Å². The summed E-state index contributed by atoms with van der Waals surface area (Å²) < 4.78 is 2.23. The van der Waals surface area contributed by atoms with Gasteiger partial charge in [-0.2, -0.15) is 0 Å². The molecule has 0 amide bonds. The molecule has 1 atom stereocenters. The Morgan fingerprint density at radius 2 is 1.18 bits per heavy atom. The molecule has 8 aromatic rings. The summed E-state index contributed by atoms with van der Waals surface area (Å²) in [6.45, 7) is 22.1. The van der Waals surface area contributed by atoms with Crippen LogP contribution in [0.15, 0.2) is 146 Å². The Bertz CT molecular complexity index is 2820. The molecule has 61 heavy (non-hydrogen) atoms. The van der Waals surface area contributed by atoms with Crippen molar-refractivity contribution < 1.29 is 26.2 Å². The number of para-hydroxylation sites is 1. The molecule has 2 heterocycles. The van der Waals surface area contributed by atoms with Crippen LogP contribution in [0.25, 0.3) is 61.6 Å². The van der Waals surface area contributed by atoms with E-state index in [0.29, 0.717) is 11.4 Å². The molecule has 5 heteroatoms. The van der Waals surface area contributed by atoms with Gasteiger partial charge in [0.1, 0.15) is 11.6 Å². The van der Waals surface area contributed by atoms with E-state index in [-0.39, 0.29) is 49.0 Å². The minimum absolute atomic E-state index is 0. The van der Waals surface area contributed by atoms with Gasteiger partial charge in [0, 0.05) is 50.1 Å². The van der Waals surface area contributed by atoms with E-state index in [1.807, 2.05) is 12.3 Å². The number of aromatic nitrogens is 3. The first-order valence-electron chi connectivity index (χ1n) is 21.1. The second-order valence-electron chi connectivity index (χ2n) is 19.3. The van der Waals surface area contributed by atoms with E-state index in [2.05, 4.69) is 213 Å². The first-order chi connectivity index (χ1) is 28.5. The number of aromatic hydroxyl groups is 1. The number of hydrogen-bond donors (Lipinski definition) is 1. The average Bonchev–Trinajstić information content (AvgIpc) is 3.62. The molecule has 0 aliphatic heterocycles. The second-order valence-corrected chi connectivity index (χ2v) is 19.3. The van der Waals surface area contributed by atoms with E-state index in [9.17, 15) is 5.11 Å². The number of phenols is 1. The number of pyridine rings is 1. The molecule has 4 nitrogen and oxygen atoms in total. The predicted octanol–water partition coefficient (Wildman–Crippen LogP) is 14.6. The fourth-order valence-corrected chi connectivity index (χ4v) is 8.09. The van der Waals surface area contributed by atoms with Crippen LogP contribution in [0.3, 0.4) is 0 Å². The first-order valence-corrected chi connectivity index (χ1v) is 21.1. The largest absolute Gasteiger partial charge is 0.507 e. The molecule has 6 aromatic carbocycles. The second kappa shape index (κ2) is 16.7. The predicted molar refractivity (Wildman–Crippen MR) is 251 cm³/mol. The molecule has 0 radical (unpaired) electrons. The molecule has 0 spiro atoms. The molecule has 0 aliphatic carbocycles. The summed E-state index contributed by atoms with van der Waals surface area (Å²) in [6, 6.07) is 53.1. The maximum atomic E-state index is 12.3. The summed E-state index contributed by atoms with van der Waals surface area (Å²) in [5.74, 6) is 1.19. The van der Waals surface area contributed by atoms with Crippen molar-refractivity contribution in [1.29, 1.82) is 0 Å². The minimum atomic E-state index is -0.304. The number of rotatable bonds is 7. The summed E-state index contributed by atoms with van der Waals surface area (Å²) in [5.41, 5.74) is 14.6. The van der Waals surface area contributed by atoms with Crippen LogP contribution in [0.1, 0.15) is 103 Å². The van der Waals surface area contributed by atoms with Crippen LogP contribution >= 0.6 is 0 Å². The van der Waals surface area contributed by atoms with Crippen molar-refractivity contribution in [1.82, 2.24) is 14.5 Å². The van der Waals surface area contributed by atoms with E-state index < -0.39 is 0 Å². The number of hydrogen-bond acceptors (Lipinski definition) is 3. The van der Waals surface area contributed by atoms with Crippen LogP contribution in [0, 0.1) is 6.07 Å². The van der Waals surface area contributed by atoms with Gasteiger partial charge in [0.05, 0.1) is 16.6 Å². The van der Waals surface area contributed by atoms with Gasteiger partial charge in [-0.05, 0) is 74.4 Å². The van der Waals surface area contributed by atoms with Crippen molar-refractivity contribution in [2.75, 3.05) is 0 Å². The van der Waals surface area contributed by atoms with Crippen LogP contribution in [0.2, 0.25) is 0 Å². The Hall–Kier alpha value is -5.57. The van der Waals surface area contributed by atoms with E-state index in [4.69, 9.17) is 9.97 Å². The number of imidazole rings is 1. The molecular formula is C56H56N3OPt-. The molecule has 0 bridgehead atoms. The van der Waals surface area contributed by atoms with Gasteiger partial charge in [-0.25, -0.2) is 4.98 Å². The topological polar surface area (TPSA) is 50.9 Å². The van der Waals surface area contributed by atoms with Crippen molar-refractivity contribution in [2.24, 2.45) is 0 Å². The van der Waals surface area contributed by atoms with Gasteiger partial charge in [0.25, 0.3) is 0 Å². The summed E-state index contributed by atoms with van der Waals surface area (Å²) in [6.07, 6.45) is 1.89. The fourth-order valence-electron chi connectivity index (χ4n) is 8.09. The SMILES string of the molecule is CC(c1ccccc1)c1ccc(-n2c(-c3cc(C(C)(C)C)cc(C(C)(C)C)c3O)nc3c(-c4[c-]c(-c5cc(-c6ccccc6)ccn5)cc(C(C)(C)C)c4)cccc32)cc1.[Pt]. The number of phenolic OH excluding ortho intramolecular Hbond substituents is 1. The first kappa shape index (κ1) is 43.5. The smallest absolute Gasteiger partial charge is 0.148 e. The Labute approximate surface area is 377 Å². The third-order valence-corrected chi connectivity index (χ3v) is 11.8. The zero-order valence-corrected chi connectivity index (χ0v) is 39.3. The summed E-state index contributed by atoms with van der Waals surface area (Å²) in [4.78, 5) is 10.4. The molecule has 0 aliphatic rings. The molecule has 1 N–H and O–H groups in total. The molecule has 0 saturated carbocycles. The molecular weight excluding hydrogens is 926 g/mol. The summed E-state index contributed by atoms with van der Waals surface area (Å²) >= 11 is 0. The van der Waals surface area contributed by atoms with Crippen molar-refractivity contribution in [3.63, 3.8) is 0 Å². The van der Waals surface area contributed by atoms with Gasteiger partial charge in [0.15, 0.2) is 0 Å². The average molecular weight is 982 g/mol. The Balaban J connectivity index is 0.00000561. The Morgan fingerprint density at radius 1 is 0.574 bits per heavy atom. The third-order valence-electron chi connectivity index (χ3n) is 11.8. The normalized spacial score (nSPS) is 12.6. The van der Waals surface area contributed by atoms with Crippen molar-refractivity contribution in [3.8, 4) is 56.3 Å². The van der Waals surface area contributed by atoms with E-state index in [0.717, 1.165) is 61.4 Å². The molecule has 1 unspecified atom stereocenters.